The number of nitrogens with one attached hydrogen (secondary N) is 2. The van der Waals surface area contributed by atoms with Crippen LogP contribution in [0.15, 0.2) is 71.7 Å². The van der Waals surface area contributed by atoms with Crippen molar-refractivity contribution in [1.82, 2.24) is 5.32 Å². The van der Waals surface area contributed by atoms with E-state index >= 15 is 0 Å². The van der Waals surface area contributed by atoms with Crippen molar-refractivity contribution >= 4 is 34.2 Å². The third-order valence-corrected chi connectivity index (χ3v) is 5.47. The van der Waals surface area contributed by atoms with E-state index in [1.165, 1.54) is 12.1 Å². The van der Waals surface area contributed by atoms with Gasteiger partial charge in [0.2, 0.25) is 11.8 Å². The molecule has 8 N–H and O–H groups in total. The molecule has 0 radical (unpaired) electrons. The normalized spacial score (nSPS) is 12.5. The molecule has 35 heavy (non-hydrogen) atoms. The Bertz CT molecular complexity index is 1180. The van der Waals surface area contributed by atoms with Gasteiger partial charge < -0.3 is 27.8 Å². The van der Waals surface area contributed by atoms with Gasteiger partial charge in [-0.3, -0.25) is 14.6 Å². The zero-order valence-electron chi connectivity index (χ0n) is 19.4. The Hall–Kier alpha value is -3.98. The van der Waals surface area contributed by atoms with Crippen molar-refractivity contribution in [3.8, 4) is 0 Å². The molecule has 9 heteroatoms. The van der Waals surface area contributed by atoms with Crippen molar-refractivity contribution in [1.29, 1.82) is 0 Å². The quantitative estimate of drug-likeness (QED) is 0.163. The van der Waals surface area contributed by atoms with E-state index in [0.29, 0.717) is 31.5 Å². The molecule has 0 heterocycles. The molecule has 8 nitrogen and oxygen atoms in total. The predicted molar refractivity (Wildman–Crippen MR) is 137 cm³/mol. The molecule has 0 spiro atoms. The Balaban J connectivity index is 1.62. The third-order valence-electron chi connectivity index (χ3n) is 5.47. The number of hydrogen-bond acceptors (Lipinski definition) is 4. The maximum absolute atomic E-state index is 13.1. The Morgan fingerprint density at radius 1 is 0.971 bits per heavy atom. The standard InChI is InChI=1S/C26H31FN6O2/c27-20-10-7-17(8-11-20)14-21(28)16-24(34)33-23(6-3-13-31-26(29)30)25(35)32-22-12-9-18-4-1-2-5-19(18)15-22/h1-2,4-5,7-12,15,21,23H,3,6,13-14,16,28H2,(H,32,35)(H,33,34)(H4,29,30,31)/t21-,23-/m0/s1. The second kappa shape index (κ2) is 12.5. The topological polar surface area (TPSA) is 149 Å². The number of halogens is 1. The number of rotatable bonds is 11. The lowest BCUT2D eigenvalue weighted by Gasteiger charge is -2.20. The van der Waals surface area contributed by atoms with Gasteiger partial charge in [0.25, 0.3) is 0 Å². The molecular weight excluding hydrogens is 447 g/mol. The average molecular weight is 479 g/mol. The van der Waals surface area contributed by atoms with Gasteiger partial charge in [-0.05, 0) is 59.9 Å². The van der Waals surface area contributed by atoms with Crippen LogP contribution in [0.4, 0.5) is 10.1 Å². The highest BCUT2D eigenvalue weighted by atomic mass is 19.1. The Kier molecular flexibility index (Phi) is 9.14. The number of carbonyl (C=O) groups is 2. The number of anilines is 1. The van der Waals surface area contributed by atoms with E-state index in [1.54, 1.807) is 12.1 Å². The SMILES string of the molecule is NC(N)=NCCC[C@H](NC(=O)C[C@@H](N)Cc1ccc(F)cc1)C(=O)Nc1ccc2ccccc2c1. The highest BCUT2D eigenvalue weighted by molar-refractivity contribution is 5.99. The van der Waals surface area contributed by atoms with Crippen molar-refractivity contribution in [3.05, 3.63) is 78.1 Å². The maximum atomic E-state index is 13.1. The van der Waals surface area contributed by atoms with Crippen LogP contribution in [-0.2, 0) is 16.0 Å². The molecule has 0 unspecified atom stereocenters. The summed E-state index contributed by atoms with van der Waals surface area (Å²) in [7, 11) is 0. The lowest BCUT2D eigenvalue weighted by atomic mass is 10.0. The van der Waals surface area contributed by atoms with Crippen LogP contribution in [-0.4, -0.2) is 36.4 Å². The highest BCUT2D eigenvalue weighted by Gasteiger charge is 2.22. The van der Waals surface area contributed by atoms with Gasteiger partial charge >= 0.3 is 0 Å². The molecule has 0 saturated carbocycles. The second-order valence-electron chi connectivity index (χ2n) is 8.41. The van der Waals surface area contributed by atoms with Crippen molar-refractivity contribution in [3.63, 3.8) is 0 Å². The molecule has 0 aliphatic heterocycles. The van der Waals surface area contributed by atoms with E-state index in [2.05, 4.69) is 15.6 Å². The number of aliphatic imine (C=N–C) groups is 1. The van der Waals surface area contributed by atoms with Crippen molar-refractivity contribution in [2.24, 2.45) is 22.2 Å². The van der Waals surface area contributed by atoms with Crippen LogP contribution in [0.5, 0.6) is 0 Å². The predicted octanol–water partition coefficient (Wildman–Crippen LogP) is 2.42. The molecule has 0 fully saturated rings. The van der Waals surface area contributed by atoms with Gasteiger partial charge in [-0.25, -0.2) is 4.39 Å². The zero-order valence-corrected chi connectivity index (χ0v) is 19.4. The van der Waals surface area contributed by atoms with Gasteiger partial charge in [0.05, 0.1) is 0 Å². The summed E-state index contributed by atoms with van der Waals surface area (Å²) in [5, 5.41) is 7.72. The molecule has 2 amide bonds. The molecule has 0 aliphatic carbocycles. The summed E-state index contributed by atoms with van der Waals surface area (Å²) in [4.78, 5) is 29.7. The molecular formula is C26H31FN6O2. The largest absolute Gasteiger partial charge is 0.370 e. The fraction of sp³-hybridized carbons (Fsp3) is 0.269. The van der Waals surface area contributed by atoms with Gasteiger partial charge in [0, 0.05) is 24.7 Å². The van der Waals surface area contributed by atoms with Gasteiger partial charge in [-0.2, -0.15) is 0 Å². The van der Waals surface area contributed by atoms with Gasteiger partial charge in [-0.1, -0.05) is 42.5 Å². The van der Waals surface area contributed by atoms with Crippen molar-refractivity contribution in [2.45, 2.75) is 37.8 Å². The molecule has 3 aromatic rings. The number of hydrogen-bond donors (Lipinski definition) is 5. The van der Waals surface area contributed by atoms with Crippen LogP contribution in [0.2, 0.25) is 0 Å². The van der Waals surface area contributed by atoms with Crippen LogP contribution in [0.3, 0.4) is 0 Å². The Labute approximate surface area is 203 Å². The fourth-order valence-corrected chi connectivity index (χ4v) is 3.76. The fourth-order valence-electron chi connectivity index (χ4n) is 3.76. The van der Waals surface area contributed by atoms with Crippen LogP contribution in [0.25, 0.3) is 10.8 Å². The van der Waals surface area contributed by atoms with E-state index < -0.39 is 12.1 Å². The first-order valence-corrected chi connectivity index (χ1v) is 11.4. The molecule has 2 atom stereocenters. The van der Waals surface area contributed by atoms with Gasteiger partial charge in [0.1, 0.15) is 11.9 Å². The number of benzene rings is 3. The zero-order chi connectivity index (χ0) is 25.2. The average Bonchev–Trinajstić information content (AvgIpc) is 2.82. The van der Waals surface area contributed by atoms with E-state index in [9.17, 15) is 14.0 Å². The lowest BCUT2D eigenvalue weighted by Crippen LogP contribution is -2.45. The van der Waals surface area contributed by atoms with E-state index in [-0.39, 0.29) is 30.0 Å². The monoisotopic (exact) mass is 478 g/mol. The summed E-state index contributed by atoms with van der Waals surface area (Å²) in [5.41, 5.74) is 18.3. The number of nitrogens with zero attached hydrogens (tertiary/aromatic N) is 1. The Morgan fingerprint density at radius 2 is 1.69 bits per heavy atom. The van der Waals surface area contributed by atoms with Crippen molar-refractivity contribution in [2.75, 3.05) is 11.9 Å². The van der Waals surface area contributed by atoms with Crippen LogP contribution >= 0.6 is 0 Å². The molecule has 184 valence electrons. The number of fused-ring (bicyclic) bond motifs is 1. The van der Waals surface area contributed by atoms with Gasteiger partial charge in [0.15, 0.2) is 5.96 Å². The molecule has 0 aliphatic rings. The molecule has 3 aromatic carbocycles. The van der Waals surface area contributed by atoms with E-state index in [1.807, 2.05) is 42.5 Å². The number of carbonyl (C=O) groups excluding carboxylic acids is 2. The molecule has 0 bridgehead atoms. The number of nitrogens with two attached hydrogens (primary N) is 3. The van der Waals surface area contributed by atoms with E-state index in [0.717, 1.165) is 16.3 Å². The lowest BCUT2D eigenvalue weighted by molar-refractivity contribution is -0.126. The minimum Gasteiger partial charge on any atom is -0.370 e. The second-order valence-corrected chi connectivity index (χ2v) is 8.41. The summed E-state index contributed by atoms with van der Waals surface area (Å²) < 4.78 is 13.1. The molecule has 0 saturated heterocycles. The Morgan fingerprint density at radius 3 is 2.40 bits per heavy atom. The number of guanidine groups is 1. The van der Waals surface area contributed by atoms with Crippen LogP contribution in [0.1, 0.15) is 24.8 Å². The van der Waals surface area contributed by atoms with Gasteiger partial charge in [-0.15, -0.1) is 0 Å². The van der Waals surface area contributed by atoms with Crippen molar-refractivity contribution < 1.29 is 14.0 Å². The smallest absolute Gasteiger partial charge is 0.246 e. The molecule has 3 rings (SSSR count). The summed E-state index contributed by atoms with van der Waals surface area (Å²) in [6.45, 7) is 0.335. The highest BCUT2D eigenvalue weighted by Crippen LogP contribution is 2.19. The van der Waals surface area contributed by atoms with E-state index in [4.69, 9.17) is 17.2 Å². The third kappa shape index (κ3) is 8.38. The first-order valence-electron chi connectivity index (χ1n) is 11.4. The first-order chi connectivity index (χ1) is 16.8. The summed E-state index contributed by atoms with van der Waals surface area (Å²) >= 11 is 0. The molecule has 0 aromatic heterocycles. The van der Waals surface area contributed by atoms with Crippen LogP contribution in [0, 0.1) is 5.82 Å². The summed E-state index contributed by atoms with van der Waals surface area (Å²) in [5.74, 6) is -1.05. The summed E-state index contributed by atoms with van der Waals surface area (Å²) in [6.07, 6.45) is 1.27. The minimum atomic E-state index is -0.791. The number of amides is 2. The van der Waals surface area contributed by atoms with Crippen LogP contribution < -0.4 is 27.8 Å². The minimum absolute atomic E-state index is 0.0189. The first kappa shape index (κ1) is 25.6. The maximum Gasteiger partial charge on any atom is 0.246 e. The summed E-state index contributed by atoms with van der Waals surface area (Å²) in [6, 6.07) is 18.1.